The number of aryl methyl sites for hydroxylation is 1. The van der Waals surface area contributed by atoms with Gasteiger partial charge >= 0.3 is 0 Å². The predicted octanol–water partition coefficient (Wildman–Crippen LogP) is 1.48. The molecule has 17 heavy (non-hydrogen) atoms. The first-order valence-electron chi connectivity index (χ1n) is 4.98. The quantitative estimate of drug-likeness (QED) is 0.838. The van der Waals surface area contributed by atoms with E-state index in [4.69, 9.17) is 17.3 Å². The topological polar surface area (TPSA) is 73.8 Å². The highest BCUT2D eigenvalue weighted by Crippen LogP contribution is 2.18. The van der Waals surface area contributed by atoms with Crippen molar-refractivity contribution in [3.63, 3.8) is 0 Å². The third-order valence-corrected chi connectivity index (χ3v) is 2.83. The molecule has 0 atom stereocenters. The summed E-state index contributed by atoms with van der Waals surface area (Å²) in [5, 5.41) is 4.40. The van der Waals surface area contributed by atoms with Crippen molar-refractivity contribution in [3.8, 4) is 0 Å². The van der Waals surface area contributed by atoms with Crippen LogP contribution in [0.25, 0.3) is 0 Å². The Kier molecular flexibility index (Phi) is 3.10. The molecule has 0 saturated heterocycles. The summed E-state index contributed by atoms with van der Waals surface area (Å²) in [6, 6.07) is 1.72. The highest BCUT2D eigenvalue weighted by Gasteiger charge is 2.15. The Labute approximate surface area is 103 Å². The number of nitrogens with two attached hydrogens (primary N) is 1. The molecule has 2 N–H and O–H groups in total. The standard InChI is InChI=1S/C11H11ClN4O/c1-16-11(13)8(5-15-16)10(17)4-7-2-3-14-6-9(7)12/h2-3,5-6H,4,13H2,1H3. The lowest BCUT2D eigenvalue weighted by Gasteiger charge is -2.02. The number of aromatic nitrogens is 3. The van der Waals surface area contributed by atoms with Crippen LogP contribution in [0.4, 0.5) is 5.82 Å². The van der Waals surface area contributed by atoms with Gasteiger partial charge in [0.1, 0.15) is 5.82 Å². The zero-order valence-corrected chi connectivity index (χ0v) is 9.98. The van der Waals surface area contributed by atoms with Crippen molar-refractivity contribution in [2.75, 3.05) is 5.73 Å². The van der Waals surface area contributed by atoms with E-state index in [1.54, 1.807) is 19.3 Å². The largest absolute Gasteiger partial charge is 0.383 e. The second kappa shape index (κ2) is 4.55. The van der Waals surface area contributed by atoms with Gasteiger partial charge in [0.15, 0.2) is 5.78 Å². The zero-order valence-electron chi connectivity index (χ0n) is 9.22. The Hall–Kier alpha value is -1.88. The van der Waals surface area contributed by atoms with Crippen LogP contribution in [0.15, 0.2) is 24.7 Å². The lowest BCUT2D eigenvalue weighted by Crippen LogP contribution is -2.07. The molecule has 0 spiro atoms. The van der Waals surface area contributed by atoms with Crippen LogP contribution < -0.4 is 5.73 Å². The van der Waals surface area contributed by atoms with Gasteiger partial charge in [-0.3, -0.25) is 14.5 Å². The maximum atomic E-state index is 12.0. The molecule has 2 aromatic rings. The van der Waals surface area contributed by atoms with Crippen molar-refractivity contribution < 1.29 is 4.79 Å². The van der Waals surface area contributed by atoms with E-state index in [1.807, 2.05) is 0 Å². The molecule has 0 aliphatic heterocycles. The summed E-state index contributed by atoms with van der Waals surface area (Å²) in [7, 11) is 1.69. The molecule has 2 rings (SSSR count). The second-order valence-corrected chi connectivity index (χ2v) is 4.04. The molecule has 6 heteroatoms. The van der Waals surface area contributed by atoms with E-state index in [2.05, 4.69) is 10.1 Å². The predicted molar refractivity (Wildman–Crippen MR) is 64.9 cm³/mol. The first-order valence-corrected chi connectivity index (χ1v) is 5.36. The molecule has 2 heterocycles. The molecular weight excluding hydrogens is 240 g/mol. The van der Waals surface area contributed by atoms with Gasteiger partial charge in [-0.15, -0.1) is 0 Å². The molecule has 0 fully saturated rings. The minimum absolute atomic E-state index is 0.108. The van der Waals surface area contributed by atoms with Crippen molar-refractivity contribution in [1.82, 2.24) is 14.8 Å². The van der Waals surface area contributed by atoms with E-state index in [0.717, 1.165) is 5.56 Å². The number of carbonyl (C=O) groups is 1. The fourth-order valence-corrected chi connectivity index (χ4v) is 1.66. The van der Waals surface area contributed by atoms with E-state index in [-0.39, 0.29) is 12.2 Å². The smallest absolute Gasteiger partial charge is 0.172 e. The Balaban J connectivity index is 2.23. The highest BCUT2D eigenvalue weighted by atomic mass is 35.5. The van der Waals surface area contributed by atoms with E-state index in [9.17, 15) is 4.79 Å². The van der Waals surface area contributed by atoms with Crippen LogP contribution in [0.3, 0.4) is 0 Å². The van der Waals surface area contributed by atoms with Gasteiger partial charge in [0.2, 0.25) is 0 Å². The number of nitrogen functional groups attached to an aromatic ring is 1. The summed E-state index contributed by atoms with van der Waals surface area (Å²) in [6.07, 6.45) is 4.77. The maximum Gasteiger partial charge on any atom is 0.172 e. The van der Waals surface area contributed by atoms with Gasteiger partial charge in [0, 0.05) is 25.9 Å². The number of pyridine rings is 1. The number of hydrogen-bond acceptors (Lipinski definition) is 4. The number of rotatable bonds is 3. The maximum absolute atomic E-state index is 12.0. The van der Waals surface area contributed by atoms with Gasteiger partial charge in [-0.05, 0) is 11.6 Å². The summed E-state index contributed by atoms with van der Waals surface area (Å²) in [5.74, 6) is 0.254. The van der Waals surface area contributed by atoms with Crippen LogP contribution in [0.1, 0.15) is 15.9 Å². The van der Waals surface area contributed by atoms with E-state index >= 15 is 0 Å². The van der Waals surface area contributed by atoms with Crippen molar-refractivity contribution in [1.29, 1.82) is 0 Å². The number of carbonyl (C=O) groups excluding carboxylic acids is 1. The van der Waals surface area contributed by atoms with E-state index < -0.39 is 0 Å². The summed E-state index contributed by atoms with van der Waals surface area (Å²) >= 11 is 5.93. The van der Waals surface area contributed by atoms with Gasteiger partial charge < -0.3 is 5.73 Å². The van der Waals surface area contributed by atoms with Crippen molar-refractivity contribution in [2.24, 2.45) is 7.05 Å². The molecule has 0 radical (unpaired) electrons. The SMILES string of the molecule is Cn1ncc(C(=O)Cc2ccncc2Cl)c1N. The van der Waals surface area contributed by atoms with Crippen molar-refractivity contribution in [2.45, 2.75) is 6.42 Å². The molecular formula is C11H11ClN4O. The molecule has 0 amide bonds. The normalized spacial score (nSPS) is 10.5. The van der Waals surface area contributed by atoms with Crippen LogP contribution in [0.5, 0.6) is 0 Å². The second-order valence-electron chi connectivity index (χ2n) is 3.63. The highest BCUT2D eigenvalue weighted by molar-refractivity contribution is 6.31. The van der Waals surface area contributed by atoms with Gasteiger partial charge in [-0.1, -0.05) is 11.6 Å². The molecule has 0 saturated carbocycles. The van der Waals surface area contributed by atoms with Crippen LogP contribution in [-0.2, 0) is 13.5 Å². The van der Waals surface area contributed by atoms with E-state index in [1.165, 1.54) is 17.1 Å². The van der Waals surface area contributed by atoms with Gasteiger partial charge in [-0.2, -0.15) is 5.10 Å². The monoisotopic (exact) mass is 250 g/mol. The Morgan fingerprint density at radius 1 is 1.53 bits per heavy atom. The Morgan fingerprint density at radius 3 is 2.88 bits per heavy atom. The van der Waals surface area contributed by atoms with E-state index in [0.29, 0.717) is 16.4 Å². The number of ketones is 1. The number of hydrogen-bond donors (Lipinski definition) is 1. The average Bonchev–Trinajstić information content (AvgIpc) is 2.63. The van der Waals surface area contributed by atoms with Gasteiger partial charge in [0.05, 0.1) is 16.8 Å². The summed E-state index contributed by atoms with van der Waals surface area (Å²) < 4.78 is 1.46. The summed E-state index contributed by atoms with van der Waals surface area (Å²) in [6.45, 7) is 0. The molecule has 88 valence electrons. The zero-order chi connectivity index (χ0) is 12.4. The van der Waals surface area contributed by atoms with Crippen LogP contribution in [0.2, 0.25) is 5.02 Å². The number of anilines is 1. The molecule has 0 unspecified atom stereocenters. The number of Topliss-reactive ketones (excluding diaryl/α,β-unsaturated/α-hetero) is 1. The molecule has 0 bridgehead atoms. The van der Waals surface area contributed by atoms with Crippen molar-refractivity contribution >= 4 is 23.2 Å². The summed E-state index contributed by atoms with van der Waals surface area (Å²) in [4.78, 5) is 15.9. The third kappa shape index (κ3) is 2.29. The fraction of sp³-hybridized carbons (Fsp3) is 0.182. The Morgan fingerprint density at radius 2 is 2.29 bits per heavy atom. The van der Waals surface area contributed by atoms with Crippen LogP contribution in [0, 0.1) is 0 Å². The van der Waals surface area contributed by atoms with Gasteiger partial charge in [-0.25, -0.2) is 0 Å². The molecule has 0 aliphatic rings. The molecule has 0 aliphatic carbocycles. The fourth-order valence-electron chi connectivity index (χ4n) is 1.48. The lowest BCUT2D eigenvalue weighted by molar-refractivity contribution is 0.0994. The summed E-state index contributed by atoms with van der Waals surface area (Å²) in [5.41, 5.74) is 6.88. The minimum atomic E-state index is -0.108. The van der Waals surface area contributed by atoms with Crippen molar-refractivity contribution in [3.05, 3.63) is 40.8 Å². The first-order chi connectivity index (χ1) is 8.09. The number of halogens is 1. The van der Waals surface area contributed by atoms with Crippen LogP contribution in [-0.4, -0.2) is 20.5 Å². The van der Waals surface area contributed by atoms with Crippen LogP contribution >= 0.6 is 11.6 Å². The number of nitrogens with zero attached hydrogens (tertiary/aromatic N) is 3. The lowest BCUT2D eigenvalue weighted by atomic mass is 10.1. The third-order valence-electron chi connectivity index (χ3n) is 2.49. The molecule has 5 nitrogen and oxygen atoms in total. The molecule has 0 aromatic carbocycles. The average molecular weight is 251 g/mol. The molecule has 2 aromatic heterocycles. The minimum Gasteiger partial charge on any atom is -0.383 e. The Bertz CT molecular complexity index is 564. The van der Waals surface area contributed by atoms with Gasteiger partial charge in [0.25, 0.3) is 0 Å². The first kappa shape index (κ1) is 11.6.